The summed E-state index contributed by atoms with van der Waals surface area (Å²) < 4.78 is 5.13. The number of nitrogens with zero attached hydrogens (tertiary/aromatic N) is 2. The number of amides is 1. The molecular formula is C24H27N3O3. The van der Waals surface area contributed by atoms with Gasteiger partial charge in [-0.05, 0) is 32.5 Å². The molecule has 0 bridgehead atoms. The van der Waals surface area contributed by atoms with Crippen molar-refractivity contribution in [2.45, 2.75) is 26.4 Å². The smallest absolute Gasteiger partial charge is 0.340 e. The Bertz CT molecular complexity index is 1050. The van der Waals surface area contributed by atoms with Crippen LogP contribution in [-0.4, -0.2) is 48.5 Å². The number of methoxy groups -OCH3 is 1. The molecule has 1 heterocycles. The molecule has 0 saturated heterocycles. The van der Waals surface area contributed by atoms with Crippen molar-refractivity contribution in [2.75, 3.05) is 20.7 Å². The van der Waals surface area contributed by atoms with Crippen molar-refractivity contribution in [3.63, 3.8) is 0 Å². The van der Waals surface area contributed by atoms with Gasteiger partial charge in [0.05, 0.1) is 30.4 Å². The summed E-state index contributed by atoms with van der Waals surface area (Å²) in [4.78, 5) is 31.6. The molecular weight excluding hydrogens is 378 g/mol. The Hall–Kier alpha value is -3.25. The van der Waals surface area contributed by atoms with Crippen LogP contribution >= 0.6 is 0 Å². The van der Waals surface area contributed by atoms with Gasteiger partial charge < -0.3 is 10.1 Å². The molecule has 6 nitrogen and oxygen atoms in total. The van der Waals surface area contributed by atoms with E-state index in [0.717, 1.165) is 22.0 Å². The summed E-state index contributed by atoms with van der Waals surface area (Å²) >= 11 is 0. The summed E-state index contributed by atoms with van der Waals surface area (Å²) in [6, 6.07) is 17.6. The molecule has 156 valence electrons. The van der Waals surface area contributed by atoms with Crippen molar-refractivity contribution in [2.24, 2.45) is 0 Å². The Morgan fingerprint density at radius 1 is 1.07 bits per heavy atom. The maximum Gasteiger partial charge on any atom is 0.340 e. The number of carbonyl (C=O) groups excluding carboxylic acids is 2. The van der Waals surface area contributed by atoms with Gasteiger partial charge in [-0.3, -0.25) is 14.7 Å². The van der Waals surface area contributed by atoms with Gasteiger partial charge >= 0.3 is 5.97 Å². The van der Waals surface area contributed by atoms with E-state index in [1.165, 1.54) is 7.11 Å². The van der Waals surface area contributed by atoms with Gasteiger partial charge in [0, 0.05) is 23.5 Å². The summed E-state index contributed by atoms with van der Waals surface area (Å²) in [5.41, 5.74) is 3.51. The third-order valence-corrected chi connectivity index (χ3v) is 4.70. The minimum absolute atomic E-state index is 0.0695. The monoisotopic (exact) mass is 405 g/mol. The fourth-order valence-electron chi connectivity index (χ4n) is 3.53. The standard InChI is InChI=1S/C24H27N3O3/c1-16(2)25-21(28)15-27(3)14-20-23(24(29)30-4)22(17-10-6-5-7-11-17)18-12-8-9-13-19(18)26-20/h5-13,16H,14-15H2,1-4H3,(H,25,28). The zero-order valence-corrected chi connectivity index (χ0v) is 17.8. The van der Waals surface area contributed by atoms with E-state index in [9.17, 15) is 9.59 Å². The number of rotatable bonds is 7. The first kappa shape index (κ1) is 21.5. The van der Waals surface area contributed by atoms with Crippen molar-refractivity contribution in [1.82, 2.24) is 15.2 Å². The highest BCUT2D eigenvalue weighted by molar-refractivity contribution is 6.07. The predicted octanol–water partition coefficient (Wildman–Crippen LogP) is 3.64. The molecule has 1 amide bonds. The molecule has 0 fully saturated rings. The highest BCUT2D eigenvalue weighted by Gasteiger charge is 2.24. The van der Waals surface area contributed by atoms with Gasteiger partial charge in [0.25, 0.3) is 0 Å². The highest BCUT2D eigenvalue weighted by Crippen LogP contribution is 2.34. The third kappa shape index (κ3) is 4.83. The zero-order chi connectivity index (χ0) is 21.7. The van der Waals surface area contributed by atoms with Crippen LogP contribution in [0.5, 0.6) is 0 Å². The van der Waals surface area contributed by atoms with Gasteiger partial charge in [0.1, 0.15) is 0 Å². The maximum atomic E-state index is 12.9. The van der Waals surface area contributed by atoms with Crippen LogP contribution < -0.4 is 5.32 Å². The molecule has 0 aliphatic carbocycles. The average molecular weight is 405 g/mol. The third-order valence-electron chi connectivity index (χ3n) is 4.70. The summed E-state index contributed by atoms with van der Waals surface area (Å²) in [5, 5.41) is 3.76. The molecule has 0 radical (unpaired) electrons. The zero-order valence-electron chi connectivity index (χ0n) is 17.8. The van der Waals surface area contributed by atoms with Crippen LogP contribution in [-0.2, 0) is 16.1 Å². The Kier molecular flexibility index (Phi) is 6.79. The lowest BCUT2D eigenvalue weighted by Gasteiger charge is -2.21. The topological polar surface area (TPSA) is 71.5 Å². The van der Waals surface area contributed by atoms with Crippen LogP contribution in [0.15, 0.2) is 54.6 Å². The molecule has 3 aromatic rings. The van der Waals surface area contributed by atoms with Gasteiger partial charge in [-0.15, -0.1) is 0 Å². The number of carbonyl (C=O) groups is 2. The summed E-state index contributed by atoms with van der Waals surface area (Å²) in [5.74, 6) is -0.515. The lowest BCUT2D eigenvalue weighted by molar-refractivity contribution is -0.122. The number of para-hydroxylation sites is 1. The van der Waals surface area contributed by atoms with E-state index in [-0.39, 0.29) is 18.5 Å². The van der Waals surface area contributed by atoms with Gasteiger partial charge in [0.2, 0.25) is 5.91 Å². The van der Waals surface area contributed by atoms with Gasteiger partial charge in [-0.2, -0.15) is 0 Å². The highest BCUT2D eigenvalue weighted by atomic mass is 16.5. The number of esters is 1. The Morgan fingerprint density at radius 2 is 1.73 bits per heavy atom. The average Bonchev–Trinajstić information content (AvgIpc) is 2.72. The number of fused-ring (bicyclic) bond motifs is 1. The number of likely N-dealkylation sites (N-methyl/N-ethyl adjacent to an activating group) is 1. The van der Waals surface area contributed by atoms with Crippen LogP contribution in [0.4, 0.5) is 0 Å². The first-order valence-electron chi connectivity index (χ1n) is 9.94. The molecule has 30 heavy (non-hydrogen) atoms. The quantitative estimate of drug-likeness (QED) is 0.608. The normalized spacial score (nSPS) is 11.1. The van der Waals surface area contributed by atoms with Crippen LogP contribution in [0.3, 0.4) is 0 Å². The molecule has 0 atom stereocenters. The molecule has 0 aliphatic heterocycles. The first-order chi connectivity index (χ1) is 14.4. The van der Waals surface area contributed by atoms with Crippen molar-refractivity contribution in [3.05, 3.63) is 65.9 Å². The van der Waals surface area contributed by atoms with Crippen molar-refractivity contribution in [3.8, 4) is 11.1 Å². The van der Waals surface area contributed by atoms with Crippen LogP contribution in [0.25, 0.3) is 22.0 Å². The molecule has 0 spiro atoms. The van der Waals surface area contributed by atoms with E-state index < -0.39 is 5.97 Å². The molecule has 6 heteroatoms. The van der Waals surface area contributed by atoms with Gasteiger partial charge in [0.15, 0.2) is 0 Å². The number of aromatic nitrogens is 1. The number of ether oxygens (including phenoxy) is 1. The lowest BCUT2D eigenvalue weighted by atomic mass is 9.94. The van der Waals surface area contributed by atoms with E-state index in [0.29, 0.717) is 17.8 Å². The fraction of sp³-hybridized carbons (Fsp3) is 0.292. The molecule has 0 aliphatic rings. The summed E-state index contributed by atoms with van der Waals surface area (Å²) in [6.07, 6.45) is 0. The van der Waals surface area contributed by atoms with Crippen LogP contribution in [0.1, 0.15) is 29.9 Å². The van der Waals surface area contributed by atoms with Crippen molar-refractivity contribution in [1.29, 1.82) is 0 Å². The molecule has 1 aromatic heterocycles. The molecule has 0 unspecified atom stereocenters. The van der Waals surface area contributed by atoms with E-state index in [2.05, 4.69) is 5.32 Å². The number of benzene rings is 2. The van der Waals surface area contributed by atoms with E-state index in [4.69, 9.17) is 9.72 Å². The second-order valence-corrected chi connectivity index (χ2v) is 7.58. The number of hydrogen-bond acceptors (Lipinski definition) is 5. The minimum Gasteiger partial charge on any atom is -0.465 e. The lowest BCUT2D eigenvalue weighted by Crippen LogP contribution is -2.38. The Balaban J connectivity index is 2.12. The molecule has 3 rings (SSSR count). The fourth-order valence-corrected chi connectivity index (χ4v) is 3.53. The van der Waals surface area contributed by atoms with E-state index >= 15 is 0 Å². The number of hydrogen-bond donors (Lipinski definition) is 1. The Labute approximate surface area is 176 Å². The second-order valence-electron chi connectivity index (χ2n) is 7.58. The van der Waals surface area contributed by atoms with Gasteiger partial charge in [-0.1, -0.05) is 48.5 Å². The largest absolute Gasteiger partial charge is 0.465 e. The van der Waals surface area contributed by atoms with E-state index in [1.807, 2.05) is 80.4 Å². The summed E-state index contributed by atoms with van der Waals surface area (Å²) in [7, 11) is 3.20. The first-order valence-corrected chi connectivity index (χ1v) is 9.94. The maximum absolute atomic E-state index is 12.9. The predicted molar refractivity (Wildman–Crippen MR) is 118 cm³/mol. The van der Waals surface area contributed by atoms with Crippen LogP contribution in [0.2, 0.25) is 0 Å². The molecule has 1 N–H and O–H groups in total. The van der Waals surface area contributed by atoms with Crippen molar-refractivity contribution < 1.29 is 14.3 Å². The van der Waals surface area contributed by atoms with Gasteiger partial charge in [-0.25, -0.2) is 4.79 Å². The van der Waals surface area contributed by atoms with Crippen molar-refractivity contribution >= 4 is 22.8 Å². The second kappa shape index (κ2) is 9.50. The number of nitrogens with one attached hydrogen (secondary N) is 1. The molecule has 2 aromatic carbocycles. The Morgan fingerprint density at radius 3 is 2.40 bits per heavy atom. The summed E-state index contributed by atoms with van der Waals surface area (Å²) in [6.45, 7) is 4.38. The molecule has 0 saturated carbocycles. The number of pyridine rings is 1. The van der Waals surface area contributed by atoms with Crippen LogP contribution in [0, 0.1) is 0 Å². The van der Waals surface area contributed by atoms with E-state index in [1.54, 1.807) is 0 Å². The minimum atomic E-state index is -0.442. The SMILES string of the molecule is COC(=O)c1c(CN(C)CC(=O)NC(C)C)nc2ccccc2c1-c1ccccc1.